The maximum absolute atomic E-state index is 11.8. The van der Waals surface area contributed by atoms with Gasteiger partial charge in [0.2, 0.25) is 5.95 Å². The molecule has 0 fully saturated rings. The molecular formula is C13H13N3O2S2. The summed E-state index contributed by atoms with van der Waals surface area (Å²) in [7, 11) is -3.29. The van der Waals surface area contributed by atoms with Crippen molar-refractivity contribution in [3.05, 3.63) is 34.5 Å². The Bertz CT molecular complexity index is 878. The molecule has 3 rings (SSSR count). The number of aromatic amines is 1. The molecule has 3 aromatic rings. The molecule has 0 aliphatic carbocycles. The first-order valence-electron chi connectivity index (χ1n) is 5.94. The van der Waals surface area contributed by atoms with Gasteiger partial charge in [0, 0.05) is 11.6 Å². The van der Waals surface area contributed by atoms with E-state index in [1.165, 1.54) is 6.26 Å². The van der Waals surface area contributed by atoms with Crippen molar-refractivity contribution < 1.29 is 8.42 Å². The Morgan fingerprint density at radius 2 is 2.10 bits per heavy atom. The first-order chi connectivity index (χ1) is 9.45. The highest BCUT2D eigenvalue weighted by Crippen LogP contribution is 2.26. The van der Waals surface area contributed by atoms with Crippen LogP contribution in [0.4, 0.5) is 11.6 Å². The number of sulfone groups is 1. The van der Waals surface area contributed by atoms with Crippen molar-refractivity contribution in [1.29, 1.82) is 0 Å². The summed E-state index contributed by atoms with van der Waals surface area (Å²) in [6.45, 7) is 2.00. The molecule has 7 heteroatoms. The monoisotopic (exact) mass is 307 g/mol. The van der Waals surface area contributed by atoms with Crippen molar-refractivity contribution in [3.8, 4) is 0 Å². The van der Waals surface area contributed by atoms with E-state index in [1.54, 1.807) is 23.5 Å². The Labute approximate surface area is 120 Å². The maximum Gasteiger partial charge on any atom is 0.205 e. The van der Waals surface area contributed by atoms with Crippen LogP contribution in [0.1, 0.15) is 5.56 Å². The predicted molar refractivity (Wildman–Crippen MR) is 81.5 cm³/mol. The van der Waals surface area contributed by atoms with Gasteiger partial charge in [0.05, 0.1) is 16.1 Å². The topological polar surface area (TPSA) is 74.8 Å². The Morgan fingerprint density at radius 3 is 2.75 bits per heavy atom. The predicted octanol–water partition coefficient (Wildman–Crippen LogP) is 3.08. The van der Waals surface area contributed by atoms with Gasteiger partial charge in [-0.05, 0) is 30.0 Å². The van der Waals surface area contributed by atoms with E-state index in [0.29, 0.717) is 17.0 Å². The number of para-hydroxylation sites is 1. The van der Waals surface area contributed by atoms with Gasteiger partial charge in [-0.1, -0.05) is 6.07 Å². The molecule has 0 atom stereocenters. The van der Waals surface area contributed by atoms with Crippen LogP contribution in [0.3, 0.4) is 0 Å². The lowest BCUT2D eigenvalue weighted by atomic mass is 10.3. The van der Waals surface area contributed by atoms with Crippen LogP contribution >= 0.6 is 11.3 Å². The Morgan fingerprint density at radius 1 is 1.30 bits per heavy atom. The number of nitrogens with zero attached hydrogens (tertiary/aromatic N) is 1. The second-order valence-electron chi connectivity index (χ2n) is 4.60. The van der Waals surface area contributed by atoms with Gasteiger partial charge in [0.1, 0.15) is 5.52 Å². The molecule has 104 valence electrons. The van der Waals surface area contributed by atoms with Crippen LogP contribution in [-0.2, 0) is 9.84 Å². The Kier molecular flexibility index (Phi) is 3.02. The molecule has 0 unspecified atom stereocenters. The number of hydrogen-bond donors (Lipinski definition) is 2. The number of fused-ring (bicyclic) bond motifs is 1. The second kappa shape index (κ2) is 4.60. The number of benzene rings is 1. The highest BCUT2D eigenvalue weighted by molar-refractivity contribution is 7.91. The summed E-state index contributed by atoms with van der Waals surface area (Å²) < 4.78 is 23.5. The molecule has 0 bridgehead atoms. The molecule has 0 aliphatic rings. The summed E-state index contributed by atoms with van der Waals surface area (Å²) in [6, 6.07) is 5.08. The number of hydrogen-bond acceptors (Lipinski definition) is 5. The minimum absolute atomic E-state index is 0.237. The van der Waals surface area contributed by atoms with E-state index < -0.39 is 9.84 Å². The van der Waals surface area contributed by atoms with Crippen LogP contribution in [0.2, 0.25) is 0 Å². The molecule has 2 heterocycles. The fourth-order valence-corrected chi connectivity index (χ4v) is 3.59. The standard InChI is InChI=1S/C13H13N3O2S2/c1-8-6-19-7-10(8)15-13-14-9-4-3-5-11(12(9)16-13)20(2,17)18/h3-7H,1-2H3,(H2,14,15,16). The molecule has 0 spiro atoms. The van der Waals surface area contributed by atoms with Gasteiger partial charge in [0.15, 0.2) is 9.84 Å². The fraction of sp³-hybridized carbons (Fsp3) is 0.154. The van der Waals surface area contributed by atoms with Crippen molar-refractivity contribution in [1.82, 2.24) is 9.97 Å². The van der Waals surface area contributed by atoms with Crippen LogP contribution < -0.4 is 5.32 Å². The molecule has 1 aromatic carbocycles. The molecule has 0 amide bonds. The number of anilines is 2. The lowest BCUT2D eigenvalue weighted by molar-refractivity contribution is 0.602. The minimum Gasteiger partial charge on any atom is -0.325 e. The third-order valence-corrected chi connectivity index (χ3v) is 4.97. The minimum atomic E-state index is -3.29. The molecular weight excluding hydrogens is 294 g/mol. The third kappa shape index (κ3) is 2.30. The third-order valence-electron chi connectivity index (χ3n) is 2.98. The number of imidazole rings is 1. The van der Waals surface area contributed by atoms with E-state index in [1.807, 2.05) is 23.8 Å². The van der Waals surface area contributed by atoms with Gasteiger partial charge in [-0.15, -0.1) is 11.3 Å². The van der Waals surface area contributed by atoms with E-state index in [9.17, 15) is 8.42 Å². The van der Waals surface area contributed by atoms with Crippen LogP contribution in [0, 0.1) is 6.92 Å². The number of aromatic nitrogens is 2. The van der Waals surface area contributed by atoms with Crippen molar-refractivity contribution in [2.24, 2.45) is 0 Å². The average molecular weight is 307 g/mol. The summed E-state index contributed by atoms with van der Waals surface area (Å²) in [6.07, 6.45) is 1.19. The number of aryl methyl sites for hydroxylation is 1. The number of thiophene rings is 1. The van der Waals surface area contributed by atoms with Crippen LogP contribution in [0.15, 0.2) is 33.9 Å². The van der Waals surface area contributed by atoms with Crippen molar-refractivity contribution in [2.45, 2.75) is 11.8 Å². The molecule has 2 N–H and O–H groups in total. The summed E-state index contributed by atoms with van der Waals surface area (Å²) in [5.74, 6) is 0.539. The van der Waals surface area contributed by atoms with Gasteiger partial charge in [-0.25, -0.2) is 13.4 Å². The zero-order chi connectivity index (χ0) is 14.3. The number of nitrogens with one attached hydrogen (secondary N) is 2. The summed E-state index contributed by atoms with van der Waals surface area (Å²) in [4.78, 5) is 7.68. The van der Waals surface area contributed by atoms with Crippen molar-refractivity contribution in [2.75, 3.05) is 11.6 Å². The van der Waals surface area contributed by atoms with E-state index in [4.69, 9.17) is 0 Å². The van der Waals surface area contributed by atoms with Crippen LogP contribution in [0.25, 0.3) is 11.0 Å². The summed E-state index contributed by atoms with van der Waals surface area (Å²) in [5, 5.41) is 7.19. The number of H-pyrrole nitrogens is 1. The SMILES string of the molecule is Cc1cscc1Nc1nc2c(S(C)(=O)=O)cccc2[nH]1. The summed E-state index contributed by atoms with van der Waals surface area (Å²) >= 11 is 1.60. The molecule has 5 nitrogen and oxygen atoms in total. The molecule has 0 aliphatic heterocycles. The molecule has 0 radical (unpaired) electrons. The van der Waals surface area contributed by atoms with Gasteiger partial charge < -0.3 is 10.3 Å². The Hall–Kier alpha value is -1.86. The molecule has 20 heavy (non-hydrogen) atoms. The number of rotatable bonds is 3. The quantitative estimate of drug-likeness (QED) is 0.780. The lowest BCUT2D eigenvalue weighted by Gasteiger charge is -2.00. The summed E-state index contributed by atoms with van der Waals surface area (Å²) in [5.41, 5.74) is 3.25. The fourth-order valence-electron chi connectivity index (χ4n) is 1.98. The molecule has 0 saturated heterocycles. The van der Waals surface area contributed by atoms with Crippen LogP contribution in [-0.4, -0.2) is 24.6 Å². The zero-order valence-corrected chi connectivity index (χ0v) is 12.6. The first-order valence-corrected chi connectivity index (χ1v) is 8.77. The van der Waals surface area contributed by atoms with Crippen molar-refractivity contribution >= 4 is 43.8 Å². The highest BCUT2D eigenvalue weighted by Gasteiger charge is 2.15. The zero-order valence-electron chi connectivity index (χ0n) is 11.0. The van der Waals surface area contributed by atoms with Crippen molar-refractivity contribution in [3.63, 3.8) is 0 Å². The van der Waals surface area contributed by atoms with Gasteiger partial charge in [-0.2, -0.15) is 0 Å². The molecule has 0 saturated carbocycles. The largest absolute Gasteiger partial charge is 0.325 e. The van der Waals surface area contributed by atoms with Gasteiger partial charge in [-0.3, -0.25) is 0 Å². The second-order valence-corrected chi connectivity index (χ2v) is 7.33. The first kappa shape index (κ1) is 13.1. The average Bonchev–Trinajstić information content (AvgIpc) is 2.94. The van der Waals surface area contributed by atoms with E-state index in [2.05, 4.69) is 15.3 Å². The maximum atomic E-state index is 11.8. The Balaban J connectivity index is 2.10. The highest BCUT2D eigenvalue weighted by atomic mass is 32.2. The smallest absolute Gasteiger partial charge is 0.205 e. The van der Waals surface area contributed by atoms with E-state index in [-0.39, 0.29) is 4.90 Å². The van der Waals surface area contributed by atoms with Gasteiger partial charge >= 0.3 is 0 Å². The van der Waals surface area contributed by atoms with E-state index >= 15 is 0 Å². The van der Waals surface area contributed by atoms with E-state index in [0.717, 1.165) is 11.3 Å². The normalized spacial score (nSPS) is 11.9. The lowest BCUT2D eigenvalue weighted by Crippen LogP contribution is -1.97. The molecule has 2 aromatic heterocycles. The van der Waals surface area contributed by atoms with Crippen LogP contribution in [0.5, 0.6) is 0 Å². The van der Waals surface area contributed by atoms with Gasteiger partial charge in [0.25, 0.3) is 0 Å².